The SMILES string of the molecule is CC(C)(C)c1ccc2nnc(C3CCN(C4=NS(=O)(=O)c5ccccc54)CC3)n2n1. The zero-order chi connectivity index (χ0) is 21.1. The molecule has 0 N–H and O–H groups in total. The third-order valence-corrected chi connectivity index (χ3v) is 7.15. The molecule has 4 heterocycles. The second kappa shape index (κ2) is 6.60. The molecule has 8 nitrogen and oxygen atoms in total. The summed E-state index contributed by atoms with van der Waals surface area (Å²) in [7, 11) is -3.60. The molecular formula is C21H24N6O2S. The van der Waals surface area contributed by atoms with E-state index in [9.17, 15) is 8.42 Å². The fraction of sp³-hybridized carbons (Fsp3) is 0.429. The van der Waals surface area contributed by atoms with Gasteiger partial charge in [0.25, 0.3) is 10.0 Å². The number of hydrogen-bond acceptors (Lipinski definition) is 6. The van der Waals surface area contributed by atoms with Crippen molar-refractivity contribution in [1.29, 1.82) is 0 Å². The van der Waals surface area contributed by atoms with Crippen LogP contribution in [0.25, 0.3) is 5.65 Å². The second-order valence-electron chi connectivity index (χ2n) is 8.94. The molecule has 3 aromatic rings. The fourth-order valence-corrected chi connectivity index (χ4v) is 5.35. The van der Waals surface area contributed by atoms with E-state index in [-0.39, 0.29) is 11.3 Å². The van der Waals surface area contributed by atoms with Crippen molar-refractivity contribution < 1.29 is 8.42 Å². The average Bonchev–Trinajstić information content (AvgIpc) is 3.26. The first kappa shape index (κ1) is 19.2. The molecule has 0 amide bonds. The molecule has 2 aliphatic rings. The van der Waals surface area contributed by atoms with Crippen LogP contribution in [0.4, 0.5) is 0 Å². The highest BCUT2D eigenvalue weighted by molar-refractivity contribution is 7.90. The third kappa shape index (κ3) is 3.08. The zero-order valence-electron chi connectivity index (χ0n) is 17.3. The van der Waals surface area contributed by atoms with Crippen LogP contribution in [0, 0.1) is 0 Å². The molecule has 2 aliphatic heterocycles. The standard InChI is InChI=1S/C21H24N6O2S/c1-21(2,3)17-8-9-18-22-23-19(27(18)24-17)14-10-12-26(13-11-14)20-15-6-4-5-7-16(15)30(28,29)25-20/h4-9,14H,10-13H2,1-3H3. The van der Waals surface area contributed by atoms with Gasteiger partial charge in [0.2, 0.25) is 0 Å². The van der Waals surface area contributed by atoms with E-state index in [4.69, 9.17) is 5.10 Å². The van der Waals surface area contributed by atoms with Gasteiger partial charge in [0.1, 0.15) is 4.90 Å². The Kier molecular flexibility index (Phi) is 4.22. The molecule has 0 spiro atoms. The highest BCUT2D eigenvalue weighted by Gasteiger charge is 2.34. The quantitative estimate of drug-likeness (QED) is 0.596. The molecule has 2 aromatic heterocycles. The van der Waals surface area contributed by atoms with Gasteiger partial charge in [-0.15, -0.1) is 14.6 Å². The fourth-order valence-electron chi connectivity index (χ4n) is 4.13. The zero-order valence-corrected chi connectivity index (χ0v) is 18.1. The lowest BCUT2D eigenvalue weighted by molar-refractivity contribution is 0.305. The molecule has 1 saturated heterocycles. The first-order valence-electron chi connectivity index (χ1n) is 10.2. The number of rotatable bonds is 1. The maximum Gasteiger partial charge on any atom is 0.285 e. The van der Waals surface area contributed by atoms with Crippen LogP contribution in [0.2, 0.25) is 0 Å². The molecule has 5 rings (SSSR count). The van der Waals surface area contributed by atoms with Crippen molar-refractivity contribution in [2.24, 2.45) is 4.40 Å². The van der Waals surface area contributed by atoms with E-state index in [1.54, 1.807) is 12.1 Å². The van der Waals surface area contributed by atoms with Gasteiger partial charge >= 0.3 is 0 Å². The normalized spacial score (nSPS) is 19.2. The van der Waals surface area contributed by atoms with Gasteiger partial charge in [-0.25, -0.2) is 0 Å². The van der Waals surface area contributed by atoms with Crippen LogP contribution in [-0.4, -0.2) is 52.1 Å². The summed E-state index contributed by atoms with van der Waals surface area (Å²) in [5, 5.41) is 13.5. The number of fused-ring (bicyclic) bond motifs is 2. The highest BCUT2D eigenvalue weighted by Crippen LogP contribution is 2.32. The number of piperidine rings is 1. The van der Waals surface area contributed by atoms with Crippen molar-refractivity contribution in [1.82, 2.24) is 24.7 Å². The number of aromatic nitrogens is 4. The van der Waals surface area contributed by atoms with Gasteiger partial charge in [0.05, 0.1) is 5.69 Å². The lowest BCUT2D eigenvalue weighted by Crippen LogP contribution is -2.38. The van der Waals surface area contributed by atoms with Crippen LogP contribution in [0.5, 0.6) is 0 Å². The summed E-state index contributed by atoms with van der Waals surface area (Å²) in [6.07, 6.45) is 1.67. The molecule has 1 aromatic carbocycles. The minimum absolute atomic E-state index is 0.0570. The first-order chi connectivity index (χ1) is 14.2. The van der Waals surface area contributed by atoms with Crippen LogP contribution in [0.3, 0.4) is 0 Å². The number of benzene rings is 1. The molecule has 0 saturated carbocycles. The molecule has 0 aliphatic carbocycles. The highest BCUT2D eigenvalue weighted by atomic mass is 32.2. The van der Waals surface area contributed by atoms with Crippen LogP contribution in [0.1, 0.15) is 56.6 Å². The van der Waals surface area contributed by atoms with Gasteiger partial charge < -0.3 is 4.90 Å². The van der Waals surface area contributed by atoms with Gasteiger partial charge in [0, 0.05) is 30.0 Å². The molecular weight excluding hydrogens is 400 g/mol. The molecule has 30 heavy (non-hydrogen) atoms. The van der Waals surface area contributed by atoms with Crippen LogP contribution in [-0.2, 0) is 15.4 Å². The summed E-state index contributed by atoms with van der Waals surface area (Å²) in [6, 6.07) is 11.0. The van der Waals surface area contributed by atoms with Crippen molar-refractivity contribution in [3.05, 3.63) is 53.5 Å². The van der Waals surface area contributed by atoms with E-state index < -0.39 is 10.0 Å². The molecule has 9 heteroatoms. The predicted molar refractivity (Wildman–Crippen MR) is 113 cm³/mol. The monoisotopic (exact) mass is 424 g/mol. The Hall–Kier alpha value is -2.81. The molecule has 0 bridgehead atoms. The van der Waals surface area contributed by atoms with Crippen molar-refractivity contribution in [2.45, 2.75) is 49.8 Å². The van der Waals surface area contributed by atoms with Gasteiger partial charge in [0.15, 0.2) is 17.3 Å². The Bertz CT molecular complexity index is 1260. The molecule has 1 fully saturated rings. The van der Waals surface area contributed by atoms with E-state index in [0.29, 0.717) is 29.4 Å². The van der Waals surface area contributed by atoms with E-state index in [0.717, 1.165) is 30.0 Å². The van der Waals surface area contributed by atoms with Crippen LogP contribution in [0.15, 0.2) is 45.7 Å². The summed E-state index contributed by atoms with van der Waals surface area (Å²) < 4.78 is 30.7. The largest absolute Gasteiger partial charge is 0.355 e. The van der Waals surface area contributed by atoms with Crippen molar-refractivity contribution in [3.63, 3.8) is 0 Å². The Morgan fingerprint density at radius 3 is 2.47 bits per heavy atom. The number of nitrogens with zero attached hydrogens (tertiary/aromatic N) is 6. The maximum atomic E-state index is 12.4. The number of hydrogen-bond donors (Lipinski definition) is 0. The van der Waals surface area contributed by atoms with E-state index in [1.165, 1.54) is 0 Å². The van der Waals surface area contributed by atoms with Gasteiger partial charge in [-0.05, 0) is 37.1 Å². The molecule has 156 valence electrons. The van der Waals surface area contributed by atoms with Crippen LogP contribution >= 0.6 is 0 Å². The lowest BCUT2D eigenvalue weighted by Gasteiger charge is -2.32. The summed E-state index contributed by atoms with van der Waals surface area (Å²) in [5.41, 5.74) is 2.38. The van der Waals surface area contributed by atoms with Crippen molar-refractivity contribution >= 4 is 21.5 Å². The molecule has 0 unspecified atom stereocenters. The number of amidine groups is 1. The number of likely N-dealkylation sites (tertiary alicyclic amines) is 1. The van der Waals surface area contributed by atoms with E-state index >= 15 is 0 Å². The Morgan fingerprint density at radius 1 is 1.00 bits per heavy atom. The van der Waals surface area contributed by atoms with Crippen LogP contribution < -0.4 is 0 Å². The van der Waals surface area contributed by atoms with Crippen molar-refractivity contribution in [3.8, 4) is 0 Å². The summed E-state index contributed by atoms with van der Waals surface area (Å²) in [4.78, 5) is 2.36. The molecule has 0 atom stereocenters. The van der Waals surface area contributed by atoms with Gasteiger partial charge in [-0.1, -0.05) is 32.9 Å². The summed E-state index contributed by atoms with van der Waals surface area (Å²) >= 11 is 0. The minimum atomic E-state index is -3.60. The first-order valence-corrected chi connectivity index (χ1v) is 11.6. The minimum Gasteiger partial charge on any atom is -0.355 e. The Balaban J connectivity index is 1.40. The molecule has 0 radical (unpaired) electrons. The van der Waals surface area contributed by atoms with E-state index in [2.05, 4.69) is 40.3 Å². The summed E-state index contributed by atoms with van der Waals surface area (Å²) in [6.45, 7) is 7.83. The topological polar surface area (TPSA) is 92.8 Å². The van der Waals surface area contributed by atoms with Gasteiger partial charge in [-0.2, -0.15) is 18.0 Å². The predicted octanol–water partition coefficient (Wildman–Crippen LogP) is 2.75. The van der Waals surface area contributed by atoms with Crippen molar-refractivity contribution in [2.75, 3.05) is 13.1 Å². The lowest BCUT2D eigenvalue weighted by atomic mass is 9.92. The Morgan fingerprint density at radius 2 is 1.73 bits per heavy atom. The smallest absolute Gasteiger partial charge is 0.285 e. The van der Waals surface area contributed by atoms with E-state index in [1.807, 2.05) is 28.8 Å². The second-order valence-corrected chi connectivity index (χ2v) is 10.5. The van der Waals surface area contributed by atoms with Gasteiger partial charge in [-0.3, -0.25) is 0 Å². The summed E-state index contributed by atoms with van der Waals surface area (Å²) in [5.74, 6) is 1.65. The number of sulfonamides is 1. The average molecular weight is 425 g/mol. The Labute approximate surface area is 175 Å². The third-order valence-electron chi connectivity index (χ3n) is 5.83. The maximum absolute atomic E-state index is 12.4.